The van der Waals surface area contributed by atoms with Gasteiger partial charge in [0, 0.05) is 36.5 Å². The summed E-state index contributed by atoms with van der Waals surface area (Å²) in [4.78, 5) is 23.1. The molecule has 0 unspecified atom stereocenters. The Kier molecular flexibility index (Phi) is 4.51. The molecule has 7 heteroatoms. The molecule has 1 amide bonds. The Morgan fingerprint density at radius 3 is 2.92 bits per heavy atom. The van der Waals surface area contributed by atoms with Gasteiger partial charge < -0.3 is 10.6 Å². The summed E-state index contributed by atoms with van der Waals surface area (Å²) in [5, 5.41) is 7.42. The van der Waals surface area contributed by atoms with Crippen LogP contribution in [0, 0.1) is 5.92 Å². The van der Waals surface area contributed by atoms with Gasteiger partial charge in [-0.25, -0.2) is 9.97 Å². The lowest BCUT2D eigenvalue weighted by Gasteiger charge is -2.27. The highest BCUT2D eigenvalue weighted by Gasteiger charge is 2.26. The summed E-state index contributed by atoms with van der Waals surface area (Å²) in [7, 11) is 0. The van der Waals surface area contributed by atoms with E-state index in [-0.39, 0.29) is 11.9 Å². The van der Waals surface area contributed by atoms with Crippen LogP contribution in [-0.2, 0) is 25.8 Å². The number of hydrogen-bond donors (Lipinski definition) is 2. The zero-order chi connectivity index (χ0) is 17.3. The van der Waals surface area contributed by atoms with Gasteiger partial charge in [0.2, 0.25) is 5.95 Å². The van der Waals surface area contributed by atoms with Crippen molar-refractivity contribution in [3.8, 4) is 0 Å². The van der Waals surface area contributed by atoms with E-state index in [1.54, 1.807) is 6.07 Å². The van der Waals surface area contributed by atoms with Crippen molar-refractivity contribution in [1.29, 1.82) is 0 Å². The van der Waals surface area contributed by atoms with Crippen LogP contribution < -0.4 is 5.73 Å². The molecule has 0 fully saturated rings. The minimum atomic E-state index is -0.0944. The number of amides is 1. The van der Waals surface area contributed by atoms with Crippen molar-refractivity contribution in [2.24, 2.45) is 5.92 Å². The molecule has 1 aliphatic rings. The molecule has 1 aliphatic heterocycles. The Morgan fingerprint density at radius 2 is 2.21 bits per heavy atom. The van der Waals surface area contributed by atoms with Gasteiger partial charge in [0.25, 0.3) is 5.91 Å². The van der Waals surface area contributed by atoms with Crippen LogP contribution in [0.1, 0.15) is 53.9 Å². The third kappa shape index (κ3) is 3.25. The Morgan fingerprint density at radius 1 is 1.42 bits per heavy atom. The molecule has 3 rings (SSSR count). The first-order valence-corrected chi connectivity index (χ1v) is 8.45. The first-order chi connectivity index (χ1) is 11.5. The maximum atomic E-state index is 12.9. The highest BCUT2D eigenvalue weighted by Crippen LogP contribution is 2.22. The molecule has 0 radical (unpaired) electrons. The van der Waals surface area contributed by atoms with Gasteiger partial charge in [-0.1, -0.05) is 20.8 Å². The Balaban J connectivity index is 1.83. The van der Waals surface area contributed by atoms with Crippen molar-refractivity contribution in [2.75, 3.05) is 12.3 Å². The predicted molar refractivity (Wildman–Crippen MR) is 91.4 cm³/mol. The zero-order valence-corrected chi connectivity index (χ0v) is 14.5. The Labute approximate surface area is 141 Å². The number of rotatable bonds is 4. The minimum absolute atomic E-state index is 0.0944. The van der Waals surface area contributed by atoms with Crippen molar-refractivity contribution in [3.63, 3.8) is 0 Å². The first-order valence-electron chi connectivity index (χ1n) is 8.45. The maximum absolute atomic E-state index is 12.9. The summed E-state index contributed by atoms with van der Waals surface area (Å²) < 4.78 is 0. The van der Waals surface area contributed by atoms with E-state index in [1.807, 2.05) is 4.90 Å². The molecular weight excluding hydrogens is 304 g/mol. The van der Waals surface area contributed by atoms with Crippen LogP contribution in [0.3, 0.4) is 0 Å². The number of H-pyrrole nitrogens is 1. The van der Waals surface area contributed by atoms with Crippen LogP contribution in [-0.4, -0.2) is 37.5 Å². The summed E-state index contributed by atoms with van der Waals surface area (Å²) in [6, 6.07) is 1.77. The quantitative estimate of drug-likeness (QED) is 0.890. The number of nitrogen functional groups attached to an aromatic ring is 1. The lowest BCUT2D eigenvalue weighted by Crippen LogP contribution is -2.36. The van der Waals surface area contributed by atoms with Gasteiger partial charge in [0.15, 0.2) is 0 Å². The van der Waals surface area contributed by atoms with Gasteiger partial charge in [-0.2, -0.15) is 5.10 Å². The van der Waals surface area contributed by atoms with Crippen LogP contribution in [0.5, 0.6) is 0 Å². The van der Waals surface area contributed by atoms with Crippen molar-refractivity contribution >= 4 is 11.9 Å². The van der Waals surface area contributed by atoms with Crippen molar-refractivity contribution in [2.45, 2.75) is 46.6 Å². The maximum Gasteiger partial charge on any atom is 0.272 e. The highest BCUT2D eigenvalue weighted by molar-refractivity contribution is 5.92. The number of fused-ring (bicyclic) bond motifs is 1. The molecule has 24 heavy (non-hydrogen) atoms. The summed E-state index contributed by atoms with van der Waals surface area (Å²) >= 11 is 0. The van der Waals surface area contributed by atoms with Crippen molar-refractivity contribution < 1.29 is 4.79 Å². The Bertz CT molecular complexity index is 738. The molecule has 0 spiro atoms. The molecule has 2 aromatic rings. The zero-order valence-electron chi connectivity index (χ0n) is 14.5. The minimum Gasteiger partial charge on any atom is -0.368 e. The third-order valence-electron chi connectivity index (χ3n) is 4.27. The van der Waals surface area contributed by atoms with Crippen LogP contribution in [0.2, 0.25) is 0 Å². The first kappa shape index (κ1) is 16.4. The number of nitrogens with two attached hydrogens (primary N) is 1. The average molecular weight is 328 g/mol. The molecule has 3 heterocycles. The van der Waals surface area contributed by atoms with Gasteiger partial charge in [0.05, 0.1) is 5.69 Å². The second kappa shape index (κ2) is 6.59. The molecule has 0 saturated heterocycles. The van der Waals surface area contributed by atoms with E-state index in [0.717, 1.165) is 41.9 Å². The molecule has 7 nitrogen and oxygen atoms in total. The fourth-order valence-corrected chi connectivity index (χ4v) is 3.13. The summed E-state index contributed by atoms with van der Waals surface area (Å²) in [6.45, 7) is 7.51. The predicted octanol–water partition coefficient (Wildman–Crippen LogP) is 1.74. The van der Waals surface area contributed by atoms with Crippen LogP contribution in [0.15, 0.2) is 6.07 Å². The van der Waals surface area contributed by atoms with E-state index < -0.39 is 0 Å². The van der Waals surface area contributed by atoms with Crippen LogP contribution in [0.25, 0.3) is 0 Å². The lowest BCUT2D eigenvalue weighted by atomic mass is 10.0. The number of carbonyl (C=O) groups is 1. The molecule has 2 aromatic heterocycles. The van der Waals surface area contributed by atoms with E-state index in [1.165, 1.54) is 0 Å². The highest BCUT2D eigenvalue weighted by atomic mass is 16.2. The van der Waals surface area contributed by atoms with Crippen LogP contribution in [0.4, 0.5) is 5.95 Å². The largest absolute Gasteiger partial charge is 0.368 e. The number of aromatic amines is 1. The van der Waals surface area contributed by atoms with Gasteiger partial charge in [-0.15, -0.1) is 0 Å². The SMILES string of the molecule is CCc1n[nH]c2c1CN(C(=O)c1cc(CC(C)C)nc(N)n1)CC2. The van der Waals surface area contributed by atoms with Crippen molar-refractivity contribution in [3.05, 3.63) is 34.4 Å². The molecule has 128 valence electrons. The fourth-order valence-electron chi connectivity index (χ4n) is 3.13. The summed E-state index contributed by atoms with van der Waals surface area (Å²) in [5.41, 5.74) is 10.3. The van der Waals surface area contributed by atoms with E-state index in [0.29, 0.717) is 24.7 Å². The van der Waals surface area contributed by atoms with Crippen molar-refractivity contribution in [1.82, 2.24) is 25.1 Å². The normalized spacial score (nSPS) is 14.1. The second-order valence-corrected chi connectivity index (χ2v) is 6.66. The van der Waals surface area contributed by atoms with Gasteiger partial charge in [-0.05, 0) is 24.8 Å². The van der Waals surface area contributed by atoms with E-state index in [4.69, 9.17) is 5.73 Å². The van der Waals surface area contributed by atoms with Crippen LogP contribution >= 0.6 is 0 Å². The molecule has 0 bridgehead atoms. The second-order valence-electron chi connectivity index (χ2n) is 6.66. The number of hydrogen-bond acceptors (Lipinski definition) is 5. The van der Waals surface area contributed by atoms with E-state index in [2.05, 4.69) is 40.9 Å². The standard InChI is InChI=1S/C17H24N6O/c1-4-13-12-9-23(6-5-14(12)22-21-13)16(24)15-8-11(7-10(2)3)19-17(18)20-15/h8,10H,4-7,9H2,1-3H3,(H,21,22)(H2,18,19,20). The van der Waals surface area contributed by atoms with Gasteiger partial charge in [-0.3, -0.25) is 9.89 Å². The molecule has 0 saturated carbocycles. The summed E-state index contributed by atoms with van der Waals surface area (Å²) in [6.07, 6.45) is 2.42. The number of carbonyl (C=O) groups excluding carboxylic acids is 1. The molecular formula is C17H24N6O. The topological polar surface area (TPSA) is 101 Å². The molecule has 0 aliphatic carbocycles. The van der Waals surface area contributed by atoms with Gasteiger partial charge >= 0.3 is 0 Å². The van der Waals surface area contributed by atoms with Gasteiger partial charge in [0.1, 0.15) is 5.69 Å². The monoisotopic (exact) mass is 328 g/mol. The summed E-state index contributed by atoms with van der Waals surface area (Å²) in [5.74, 6) is 0.507. The Hall–Kier alpha value is -2.44. The van der Waals surface area contributed by atoms with E-state index in [9.17, 15) is 4.79 Å². The number of nitrogens with zero attached hydrogens (tertiary/aromatic N) is 4. The van der Waals surface area contributed by atoms with E-state index >= 15 is 0 Å². The fraction of sp³-hybridized carbons (Fsp3) is 0.529. The number of nitrogens with one attached hydrogen (secondary N) is 1. The smallest absolute Gasteiger partial charge is 0.272 e. The average Bonchev–Trinajstić information content (AvgIpc) is 2.95. The number of aryl methyl sites for hydroxylation is 1. The number of anilines is 1. The molecule has 0 aromatic carbocycles. The number of aromatic nitrogens is 4. The molecule has 0 atom stereocenters. The molecule has 3 N–H and O–H groups in total. The third-order valence-corrected chi connectivity index (χ3v) is 4.27. The lowest BCUT2D eigenvalue weighted by molar-refractivity contribution is 0.0727.